The molecule has 2 heterocycles. The van der Waals surface area contributed by atoms with E-state index in [1.165, 1.54) is 19.1 Å². The molecule has 1 atom stereocenters. The number of hydrogen-bond donors (Lipinski definition) is 2. The number of rotatable bonds is 8. The van der Waals surface area contributed by atoms with Gasteiger partial charge in [0.1, 0.15) is 5.76 Å². The summed E-state index contributed by atoms with van der Waals surface area (Å²) in [6.45, 7) is 3.59. The van der Waals surface area contributed by atoms with Crippen LogP contribution in [0.1, 0.15) is 30.2 Å². The van der Waals surface area contributed by atoms with Crippen LogP contribution in [0.2, 0.25) is 0 Å². The lowest BCUT2D eigenvalue weighted by atomic mass is 10.1. The minimum atomic E-state index is -3.16. The molecule has 0 radical (unpaired) electrons. The highest BCUT2D eigenvalue weighted by molar-refractivity contribution is 7.90. The average Bonchev–Trinajstić information content (AvgIpc) is 3.41. The van der Waals surface area contributed by atoms with Crippen molar-refractivity contribution in [1.29, 1.82) is 0 Å². The van der Waals surface area contributed by atoms with Crippen molar-refractivity contribution in [1.82, 2.24) is 15.5 Å². The summed E-state index contributed by atoms with van der Waals surface area (Å²) in [5.41, 5.74) is 1.07. The fourth-order valence-corrected chi connectivity index (χ4v) is 4.22. The zero-order valence-electron chi connectivity index (χ0n) is 17.1. The summed E-state index contributed by atoms with van der Waals surface area (Å²) in [4.78, 5) is 7.10. The second-order valence-corrected chi connectivity index (χ2v) is 9.34. The smallest absolute Gasteiger partial charge is 0.191 e. The lowest BCUT2D eigenvalue weighted by Crippen LogP contribution is -2.43. The standard InChI is InChI=1S/C21H30N4O3S/c1-22-21(23-12-11-17-7-9-18(10-8-17)29(2,26)27)24-16-19(20-6-5-15-28-20)25-13-3-4-14-25/h5-10,15,19H,3-4,11-14,16H2,1-2H3,(H2,22,23,24). The lowest BCUT2D eigenvalue weighted by Gasteiger charge is -2.26. The van der Waals surface area contributed by atoms with E-state index in [0.717, 1.165) is 43.3 Å². The van der Waals surface area contributed by atoms with Crippen LogP contribution < -0.4 is 10.6 Å². The highest BCUT2D eigenvalue weighted by Crippen LogP contribution is 2.24. The summed E-state index contributed by atoms with van der Waals surface area (Å²) in [7, 11) is -1.40. The molecule has 3 rings (SSSR count). The summed E-state index contributed by atoms with van der Waals surface area (Å²) in [6.07, 6.45) is 6.17. The van der Waals surface area contributed by atoms with Crippen LogP contribution in [0.4, 0.5) is 0 Å². The number of sulfone groups is 1. The van der Waals surface area contributed by atoms with Crippen LogP contribution in [0.25, 0.3) is 0 Å². The number of guanidine groups is 1. The summed E-state index contributed by atoms with van der Waals surface area (Å²) >= 11 is 0. The van der Waals surface area contributed by atoms with Gasteiger partial charge in [0.2, 0.25) is 0 Å². The van der Waals surface area contributed by atoms with Crippen LogP contribution >= 0.6 is 0 Å². The van der Waals surface area contributed by atoms with Gasteiger partial charge in [-0.25, -0.2) is 8.42 Å². The summed E-state index contributed by atoms with van der Waals surface area (Å²) in [5, 5.41) is 6.73. The van der Waals surface area contributed by atoms with Crippen molar-refractivity contribution in [2.45, 2.75) is 30.2 Å². The fourth-order valence-electron chi connectivity index (χ4n) is 3.59. The van der Waals surface area contributed by atoms with E-state index in [9.17, 15) is 8.42 Å². The molecular formula is C21H30N4O3S. The monoisotopic (exact) mass is 418 g/mol. The molecule has 0 saturated carbocycles. The first-order chi connectivity index (χ1) is 14.0. The van der Waals surface area contributed by atoms with E-state index in [2.05, 4.69) is 20.5 Å². The quantitative estimate of drug-likeness (QED) is 0.505. The number of furan rings is 1. The highest BCUT2D eigenvalue weighted by atomic mass is 32.2. The van der Waals surface area contributed by atoms with Gasteiger partial charge in [-0.2, -0.15) is 0 Å². The van der Waals surface area contributed by atoms with Gasteiger partial charge in [0, 0.05) is 26.4 Å². The maximum absolute atomic E-state index is 11.5. The first kappa shape index (κ1) is 21.4. The topological polar surface area (TPSA) is 86.9 Å². The Labute approximate surface area is 173 Å². The van der Waals surface area contributed by atoms with Crippen molar-refractivity contribution < 1.29 is 12.8 Å². The molecule has 1 unspecified atom stereocenters. The van der Waals surface area contributed by atoms with Crippen molar-refractivity contribution in [3.63, 3.8) is 0 Å². The average molecular weight is 419 g/mol. The van der Waals surface area contributed by atoms with E-state index in [1.54, 1.807) is 25.4 Å². The third-order valence-electron chi connectivity index (χ3n) is 5.20. The first-order valence-corrected chi connectivity index (χ1v) is 11.9. The van der Waals surface area contributed by atoms with Gasteiger partial charge in [0.25, 0.3) is 0 Å². The maximum Gasteiger partial charge on any atom is 0.191 e. The number of nitrogens with one attached hydrogen (secondary N) is 2. The minimum absolute atomic E-state index is 0.189. The minimum Gasteiger partial charge on any atom is -0.468 e. The Kier molecular flexibility index (Phi) is 7.33. The molecule has 7 nitrogen and oxygen atoms in total. The molecule has 1 aliphatic heterocycles. The maximum atomic E-state index is 11.5. The summed E-state index contributed by atoms with van der Waals surface area (Å²) in [5.74, 6) is 1.72. The molecule has 1 aromatic heterocycles. The molecule has 8 heteroatoms. The number of aliphatic imine (C=N–C) groups is 1. The molecule has 2 aromatic rings. The molecule has 2 N–H and O–H groups in total. The van der Waals surface area contributed by atoms with Crippen LogP contribution in [-0.4, -0.2) is 58.8 Å². The largest absolute Gasteiger partial charge is 0.468 e. The number of nitrogens with zero attached hydrogens (tertiary/aromatic N) is 2. The lowest BCUT2D eigenvalue weighted by molar-refractivity contribution is 0.215. The van der Waals surface area contributed by atoms with Crippen molar-refractivity contribution in [3.8, 4) is 0 Å². The van der Waals surface area contributed by atoms with Gasteiger partial charge in [0.05, 0.1) is 17.2 Å². The number of benzene rings is 1. The second kappa shape index (κ2) is 9.93. The van der Waals surface area contributed by atoms with Gasteiger partial charge in [-0.3, -0.25) is 9.89 Å². The van der Waals surface area contributed by atoms with Crippen molar-refractivity contribution in [3.05, 3.63) is 54.0 Å². The zero-order valence-corrected chi connectivity index (χ0v) is 17.9. The van der Waals surface area contributed by atoms with Gasteiger partial charge in [-0.1, -0.05) is 12.1 Å². The van der Waals surface area contributed by atoms with Gasteiger partial charge in [0.15, 0.2) is 15.8 Å². The molecule has 1 aromatic carbocycles. The van der Waals surface area contributed by atoms with E-state index in [-0.39, 0.29) is 6.04 Å². The van der Waals surface area contributed by atoms with Crippen molar-refractivity contribution in [2.75, 3.05) is 39.5 Å². The van der Waals surface area contributed by atoms with Crippen LogP contribution in [0.5, 0.6) is 0 Å². The fraction of sp³-hybridized carbons (Fsp3) is 0.476. The van der Waals surface area contributed by atoms with Crippen molar-refractivity contribution in [2.24, 2.45) is 4.99 Å². The van der Waals surface area contributed by atoms with Gasteiger partial charge in [-0.05, 0) is 62.2 Å². The molecule has 158 valence electrons. The third-order valence-corrected chi connectivity index (χ3v) is 6.33. The molecule has 0 aliphatic carbocycles. The van der Waals surface area contributed by atoms with Gasteiger partial charge < -0.3 is 15.1 Å². The summed E-state index contributed by atoms with van der Waals surface area (Å²) < 4.78 is 28.8. The molecule has 0 bridgehead atoms. The van der Waals surface area contributed by atoms with E-state index in [1.807, 2.05) is 24.3 Å². The second-order valence-electron chi connectivity index (χ2n) is 7.32. The number of likely N-dealkylation sites (tertiary alicyclic amines) is 1. The zero-order chi connectivity index (χ0) is 20.7. The SMILES string of the molecule is CN=C(NCCc1ccc(S(C)(=O)=O)cc1)NCC(c1ccco1)N1CCCC1. The molecule has 0 spiro atoms. The highest BCUT2D eigenvalue weighted by Gasteiger charge is 2.25. The molecular weight excluding hydrogens is 388 g/mol. The Bertz CT molecular complexity index is 887. The Balaban J connectivity index is 1.50. The Morgan fingerprint density at radius 2 is 1.90 bits per heavy atom. The van der Waals surface area contributed by atoms with E-state index in [4.69, 9.17) is 4.42 Å². The summed E-state index contributed by atoms with van der Waals surface area (Å²) in [6, 6.07) is 11.2. The molecule has 1 fully saturated rings. The predicted molar refractivity (Wildman–Crippen MR) is 115 cm³/mol. The van der Waals surface area contributed by atoms with E-state index >= 15 is 0 Å². The van der Waals surface area contributed by atoms with Crippen molar-refractivity contribution >= 4 is 15.8 Å². The van der Waals surface area contributed by atoms with Crippen LogP contribution in [0, 0.1) is 0 Å². The van der Waals surface area contributed by atoms with Crippen LogP contribution in [0.15, 0.2) is 57.0 Å². The molecule has 29 heavy (non-hydrogen) atoms. The van der Waals surface area contributed by atoms with Crippen LogP contribution in [-0.2, 0) is 16.3 Å². The molecule has 1 saturated heterocycles. The Hall–Kier alpha value is -2.32. The van der Waals surface area contributed by atoms with Crippen LogP contribution in [0.3, 0.4) is 0 Å². The third kappa shape index (κ3) is 6.08. The predicted octanol–water partition coefficient (Wildman–Crippen LogP) is 2.23. The first-order valence-electron chi connectivity index (χ1n) is 9.98. The Morgan fingerprint density at radius 1 is 1.17 bits per heavy atom. The van der Waals surface area contributed by atoms with Gasteiger partial charge >= 0.3 is 0 Å². The van der Waals surface area contributed by atoms with E-state index in [0.29, 0.717) is 11.4 Å². The number of hydrogen-bond acceptors (Lipinski definition) is 5. The normalized spacial score (nSPS) is 16.7. The molecule has 0 amide bonds. The Morgan fingerprint density at radius 3 is 2.48 bits per heavy atom. The van der Waals surface area contributed by atoms with E-state index < -0.39 is 9.84 Å². The molecule has 1 aliphatic rings. The van der Waals surface area contributed by atoms with Gasteiger partial charge in [-0.15, -0.1) is 0 Å².